The molecule has 1 aromatic heterocycles. The molecule has 0 amide bonds. The lowest BCUT2D eigenvalue weighted by atomic mass is 9.80. The zero-order valence-corrected chi connectivity index (χ0v) is 21.9. The third-order valence-electron chi connectivity index (χ3n) is 6.61. The fraction of sp³-hybridized carbons (Fsp3) is 0.400. The second kappa shape index (κ2) is 8.32. The van der Waals surface area contributed by atoms with Crippen molar-refractivity contribution in [2.45, 2.75) is 66.5 Å². The van der Waals surface area contributed by atoms with Crippen LogP contribution < -0.4 is 4.57 Å². The maximum atomic E-state index is 14.4. The molecule has 0 saturated heterocycles. The monoisotopic (exact) mass is 479 g/mol. The lowest BCUT2D eigenvalue weighted by Gasteiger charge is -2.25. The van der Waals surface area contributed by atoms with Crippen molar-refractivity contribution in [3.8, 4) is 11.3 Å². The quantitative estimate of drug-likeness (QED) is 0.266. The Kier molecular flexibility index (Phi) is 5.98. The number of hydrogen-bond donors (Lipinski definition) is 0. The first-order valence-electron chi connectivity index (χ1n) is 12.0. The summed E-state index contributed by atoms with van der Waals surface area (Å²) in [4.78, 5) is 4.33. The summed E-state index contributed by atoms with van der Waals surface area (Å²) in [6.45, 7) is 14.4. The molecular formula is C30H34F3N2+. The van der Waals surface area contributed by atoms with Gasteiger partial charge >= 0.3 is 6.18 Å². The van der Waals surface area contributed by atoms with Gasteiger partial charge in [0.15, 0.2) is 5.52 Å². The second-order valence-corrected chi connectivity index (χ2v) is 11.8. The van der Waals surface area contributed by atoms with Gasteiger partial charge in [-0.2, -0.15) is 13.2 Å². The van der Waals surface area contributed by atoms with Crippen molar-refractivity contribution in [2.75, 3.05) is 0 Å². The number of aryl methyl sites for hydroxylation is 2. The molecule has 0 N–H and O–H groups in total. The largest absolute Gasteiger partial charge is 0.420 e. The summed E-state index contributed by atoms with van der Waals surface area (Å²) in [6.07, 6.45) is -2.67. The maximum Gasteiger partial charge on any atom is 0.420 e. The van der Waals surface area contributed by atoms with Gasteiger partial charge in [0.05, 0.1) is 12.4 Å². The summed E-state index contributed by atoms with van der Waals surface area (Å²) in [5.74, 6) is 0. The van der Waals surface area contributed by atoms with E-state index in [0.717, 1.165) is 22.2 Å². The highest BCUT2D eigenvalue weighted by Gasteiger charge is 2.39. The standard InChI is InChI=1S/C30H34F3N2/c1-18-20-11-9-10-12-21(20)24(29(5,6)7)15-23(18)27-22-14-13-19(16-28(2,3)4)25(30(31,32)33)26(22)34-17-35(27)8/h9-15,17H,16H2,1-8H3/q+1. The Morgan fingerprint density at radius 3 is 2.06 bits per heavy atom. The first-order chi connectivity index (χ1) is 16.1. The normalized spacial score (nSPS) is 13.1. The van der Waals surface area contributed by atoms with Crippen molar-refractivity contribution in [3.63, 3.8) is 0 Å². The molecule has 0 aliphatic heterocycles. The summed E-state index contributed by atoms with van der Waals surface area (Å²) < 4.78 is 45.2. The van der Waals surface area contributed by atoms with Crippen LogP contribution in [0.1, 0.15) is 63.8 Å². The first-order valence-corrected chi connectivity index (χ1v) is 12.0. The molecule has 0 fully saturated rings. The highest BCUT2D eigenvalue weighted by Crippen LogP contribution is 2.42. The Morgan fingerprint density at radius 1 is 0.857 bits per heavy atom. The molecule has 2 nitrogen and oxygen atoms in total. The average molecular weight is 480 g/mol. The number of fused-ring (bicyclic) bond motifs is 2. The minimum atomic E-state index is -4.50. The van der Waals surface area contributed by atoms with Crippen molar-refractivity contribution < 1.29 is 17.7 Å². The van der Waals surface area contributed by atoms with Gasteiger partial charge in [0, 0.05) is 5.56 Å². The molecule has 5 heteroatoms. The summed E-state index contributed by atoms with van der Waals surface area (Å²) in [5.41, 5.74) is 3.14. The van der Waals surface area contributed by atoms with Gasteiger partial charge in [-0.1, -0.05) is 71.9 Å². The van der Waals surface area contributed by atoms with Crippen molar-refractivity contribution in [3.05, 3.63) is 71.0 Å². The lowest BCUT2D eigenvalue weighted by molar-refractivity contribution is -0.662. The van der Waals surface area contributed by atoms with E-state index < -0.39 is 11.7 Å². The predicted octanol–water partition coefficient (Wildman–Crippen LogP) is 8.09. The minimum absolute atomic E-state index is 0.0113. The lowest BCUT2D eigenvalue weighted by Crippen LogP contribution is -2.32. The number of halogens is 3. The molecule has 0 radical (unpaired) electrons. The molecule has 1 heterocycles. The Labute approximate surface area is 205 Å². The predicted molar refractivity (Wildman–Crippen MR) is 137 cm³/mol. The van der Waals surface area contributed by atoms with E-state index in [4.69, 9.17) is 0 Å². The van der Waals surface area contributed by atoms with Crippen LogP contribution >= 0.6 is 0 Å². The van der Waals surface area contributed by atoms with Gasteiger partial charge in [0.25, 0.3) is 6.33 Å². The molecule has 0 atom stereocenters. The molecule has 0 bridgehead atoms. The molecule has 0 unspecified atom stereocenters. The van der Waals surface area contributed by atoms with E-state index in [1.165, 1.54) is 17.3 Å². The maximum absolute atomic E-state index is 14.4. The van der Waals surface area contributed by atoms with Crippen LogP contribution in [0.15, 0.2) is 48.8 Å². The number of rotatable bonds is 2. The van der Waals surface area contributed by atoms with Crippen LogP contribution in [0, 0.1) is 12.3 Å². The molecule has 0 spiro atoms. The SMILES string of the molecule is Cc1c(-c2c3ccc(CC(C)(C)C)c(C(F)(F)F)c3nc[n+]2C)cc(C(C)(C)C)c2ccccc12. The smallest absolute Gasteiger partial charge is 0.232 e. The molecule has 184 valence electrons. The van der Waals surface area contributed by atoms with Crippen molar-refractivity contribution in [1.82, 2.24) is 4.98 Å². The molecular weight excluding hydrogens is 445 g/mol. The van der Waals surface area contributed by atoms with E-state index in [9.17, 15) is 13.2 Å². The minimum Gasteiger partial charge on any atom is -0.232 e. The molecule has 0 aliphatic rings. The van der Waals surface area contributed by atoms with E-state index in [1.54, 1.807) is 6.07 Å². The highest BCUT2D eigenvalue weighted by molar-refractivity contribution is 5.99. The Morgan fingerprint density at radius 2 is 1.49 bits per heavy atom. The van der Waals surface area contributed by atoms with Gasteiger partial charge in [-0.05, 0) is 68.8 Å². The zero-order chi connectivity index (χ0) is 25.9. The Bertz CT molecular complexity index is 1440. The van der Waals surface area contributed by atoms with E-state index in [2.05, 4.69) is 50.9 Å². The van der Waals surface area contributed by atoms with Crippen LogP contribution in [0.4, 0.5) is 13.2 Å². The average Bonchev–Trinajstić information content (AvgIpc) is 2.72. The van der Waals surface area contributed by atoms with Gasteiger partial charge in [-0.25, -0.2) is 4.57 Å². The molecule has 0 saturated carbocycles. The molecule has 4 aromatic rings. The Hall–Kier alpha value is -2.95. The highest BCUT2D eigenvalue weighted by atomic mass is 19.4. The summed E-state index contributed by atoms with van der Waals surface area (Å²) >= 11 is 0. The van der Waals surface area contributed by atoms with Crippen LogP contribution in [-0.4, -0.2) is 4.98 Å². The van der Waals surface area contributed by atoms with E-state index >= 15 is 0 Å². The van der Waals surface area contributed by atoms with Gasteiger partial charge in [0.1, 0.15) is 11.3 Å². The van der Waals surface area contributed by atoms with Crippen LogP contribution in [0.25, 0.3) is 32.9 Å². The van der Waals surface area contributed by atoms with Crippen LogP contribution in [0.2, 0.25) is 0 Å². The summed E-state index contributed by atoms with van der Waals surface area (Å²) in [5, 5.41) is 2.80. The van der Waals surface area contributed by atoms with Crippen LogP contribution in [0.5, 0.6) is 0 Å². The molecule has 35 heavy (non-hydrogen) atoms. The third kappa shape index (κ3) is 4.65. The molecule has 3 aromatic carbocycles. The Balaban J connectivity index is 2.14. The topological polar surface area (TPSA) is 16.8 Å². The number of benzene rings is 3. The van der Waals surface area contributed by atoms with Crippen molar-refractivity contribution in [1.29, 1.82) is 0 Å². The van der Waals surface area contributed by atoms with Gasteiger partial charge in [-0.3, -0.25) is 0 Å². The van der Waals surface area contributed by atoms with Crippen molar-refractivity contribution in [2.24, 2.45) is 12.5 Å². The number of aromatic nitrogens is 2. The van der Waals surface area contributed by atoms with Crippen molar-refractivity contribution >= 4 is 21.7 Å². The van der Waals surface area contributed by atoms with E-state index in [-0.39, 0.29) is 21.9 Å². The number of nitrogens with zero attached hydrogens (tertiary/aromatic N) is 2. The third-order valence-corrected chi connectivity index (χ3v) is 6.61. The second-order valence-electron chi connectivity index (χ2n) is 11.8. The van der Waals surface area contributed by atoms with Crippen LogP contribution in [-0.2, 0) is 25.1 Å². The molecule has 4 rings (SSSR count). The zero-order valence-electron chi connectivity index (χ0n) is 21.9. The molecule has 0 aliphatic carbocycles. The van der Waals surface area contributed by atoms with Gasteiger partial charge in [0.2, 0.25) is 0 Å². The summed E-state index contributed by atoms with van der Waals surface area (Å²) in [7, 11) is 1.85. The van der Waals surface area contributed by atoms with E-state index in [0.29, 0.717) is 11.8 Å². The van der Waals surface area contributed by atoms with Gasteiger partial charge in [-0.15, -0.1) is 0 Å². The fourth-order valence-electron chi connectivity index (χ4n) is 5.11. The fourth-order valence-corrected chi connectivity index (χ4v) is 5.11. The summed E-state index contributed by atoms with van der Waals surface area (Å²) in [6, 6.07) is 13.9. The first kappa shape index (κ1) is 25.2. The number of alkyl halides is 3. The van der Waals surface area contributed by atoms with Gasteiger partial charge < -0.3 is 0 Å². The number of hydrogen-bond acceptors (Lipinski definition) is 1. The van der Waals surface area contributed by atoms with E-state index in [1.807, 2.05) is 50.6 Å². The van der Waals surface area contributed by atoms with Crippen LogP contribution in [0.3, 0.4) is 0 Å².